The number of hydrogen-bond acceptors (Lipinski definition) is 3. The van der Waals surface area contributed by atoms with E-state index in [4.69, 9.17) is 4.74 Å². The van der Waals surface area contributed by atoms with Crippen LogP contribution in [0.3, 0.4) is 0 Å². The lowest BCUT2D eigenvalue weighted by atomic mass is 9.80. The van der Waals surface area contributed by atoms with Gasteiger partial charge in [0.1, 0.15) is 5.78 Å². The first-order valence-corrected chi connectivity index (χ1v) is 9.67. The highest BCUT2D eigenvalue weighted by Gasteiger charge is 2.42. The van der Waals surface area contributed by atoms with Gasteiger partial charge in [-0.2, -0.15) is 11.8 Å². The van der Waals surface area contributed by atoms with E-state index in [0.29, 0.717) is 11.7 Å². The van der Waals surface area contributed by atoms with Gasteiger partial charge in [0.25, 0.3) is 0 Å². The van der Waals surface area contributed by atoms with Crippen molar-refractivity contribution in [3.05, 3.63) is 0 Å². The van der Waals surface area contributed by atoms with Gasteiger partial charge in [0.15, 0.2) is 0 Å². The first kappa shape index (κ1) is 14.9. The predicted molar refractivity (Wildman–Crippen MR) is 84.2 cm³/mol. The lowest BCUT2D eigenvalue weighted by molar-refractivity contribution is -0.134. The van der Waals surface area contributed by atoms with Crippen LogP contribution in [0, 0.1) is 11.8 Å². The number of ketones is 1. The second-order valence-electron chi connectivity index (χ2n) is 7.03. The second-order valence-corrected chi connectivity index (χ2v) is 8.14. The maximum absolute atomic E-state index is 12.5. The molecule has 114 valence electrons. The highest BCUT2D eigenvalue weighted by atomic mass is 32.2. The van der Waals surface area contributed by atoms with E-state index in [1.54, 1.807) is 0 Å². The van der Waals surface area contributed by atoms with E-state index in [9.17, 15) is 4.79 Å². The third-order valence-electron chi connectivity index (χ3n) is 5.54. The minimum absolute atomic E-state index is 0.0636. The monoisotopic (exact) mass is 296 g/mol. The van der Waals surface area contributed by atoms with Gasteiger partial charge in [-0.25, -0.2) is 0 Å². The normalized spacial score (nSPS) is 35.5. The number of carbonyl (C=O) groups excluding carboxylic acids is 1. The van der Waals surface area contributed by atoms with Crippen LogP contribution in [0.4, 0.5) is 0 Å². The summed E-state index contributed by atoms with van der Waals surface area (Å²) >= 11 is 1.99. The van der Waals surface area contributed by atoms with Gasteiger partial charge < -0.3 is 4.74 Å². The van der Waals surface area contributed by atoms with Crippen LogP contribution in [0.5, 0.6) is 0 Å². The van der Waals surface area contributed by atoms with Crippen molar-refractivity contribution in [1.29, 1.82) is 0 Å². The minimum atomic E-state index is 0.0636. The summed E-state index contributed by atoms with van der Waals surface area (Å²) in [6.45, 7) is 0.806. The molecule has 1 aliphatic carbocycles. The predicted octanol–water partition coefficient (Wildman–Crippen LogP) is 4.22. The molecule has 3 rings (SSSR count). The molecule has 0 N–H and O–H groups in total. The molecule has 1 spiro atoms. The van der Waals surface area contributed by atoms with Crippen molar-refractivity contribution in [2.45, 2.75) is 69.8 Å². The number of hydrogen-bond donors (Lipinski definition) is 0. The third kappa shape index (κ3) is 3.59. The summed E-state index contributed by atoms with van der Waals surface area (Å²) in [6.07, 6.45) is 12.0. The molecule has 2 unspecified atom stereocenters. The molecule has 3 aliphatic rings. The standard InChI is InChI=1S/C17H28O2S/c18-16(7-6-14-4-2-1-3-5-14)15-8-10-19-17(12-15)9-11-20-13-17/h14-15H,1-13H2. The molecule has 0 aromatic carbocycles. The summed E-state index contributed by atoms with van der Waals surface area (Å²) in [4.78, 5) is 12.5. The van der Waals surface area contributed by atoms with Crippen molar-refractivity contribution in [1.82, 2.24) is 0 Å². The molecule has 2 aliphatic heterocycles. The zero-order valence-corrected chi connectivity index (χ0v) is 13.4. The average Bonchev–Trinajstić information content (AvgIpc) is 2.93. The van der Waals surface area contributed by atoms with Gasteiger partial charge in [0, 0.05) is 24.7 Å². The van der Waals surface area contributed by atoms with Crippen molar-refractivity contribution in [3.63, 3.8) is 0 Å². The van der Waals surface area contributed by atoms with E-state index >= 15 is 0 Å². The van der Waals surface area contributed by atoms with Crippen molar-refractivity contribution < 1.29 is 9.53 Å². The van der Waals surface area contributed by atoms with Crippen LogP contribution in [0.15, 0.2) is 0 Å². The fourth-order valence-corrected chi connectivity index (χ4v) is 5.57. The average molecular weight is 296 g/mol. The second kappa shape index (κ2) is 6.83. The summed E-state index contributed by atoms with van der Waals surface area (Å²) < 4.78 is 6.03. The van der Waals surface area contributed by atoms with Crippen LogP contribution in [0.25, 0.3) is 0 Å². The largest absolute Gasteiger partial charge is 0.374 e. The van der Waals surface area contributed by atoms with E-state index in [0.717, 1.165) is 50.4 Å². The molecule has 0 aromatic heterocycles. The van der Waals surface area contributed by atoms with Crippen molar-refractivity contribution in [2.24, 2.45) is 11.8 Å². The number of Topliss-reactive ketones (excluding diaryl/α,β-unsaturated/α-hetero) is 1. The molecule has 2 heterocycles. The minimum Gasteiger partial charge on any atom is -0.374 e. The highest BCUT2D eigenvalue weighted by Crippen LogP contribution is 2.41. The van der Waals surface area contributed by atoms with Crippen LogP contribution in [-0.2, 0) is 9.53 Å². The first-order valence-electron chi connectivity index (χ1n) is 8.52. The fourth-order valence-electron chi connectivity index (χ4n) is 4.19. The Kier molecular flexibility index (Phi) is 5.09. The molecular formula is C17H28O2S. The van der Waals surface area contributed by atoms with Gasteiger partial charge in [0.05, 0.1) is 5.60 Å². The Morgan fingerprint density at radius 2 is 2.05 bits per heavy atom. The summed E-state index contributed by atoms with van der Waals surface area (Å²) in [5.74, 6) is 3.99. The maximum atomic E-state index is 12.5. The van der Waals surface area contributed by atoms with E-state index < -0.39 is 0 Å². The number of thioether (sulfide) groups is 1. The highest BCUT2D eigenvalue weighted by molar-refractivity contribution is 7.99. The number of carbonyl (C=O) groups is 1. The third-order valence-corrected chi connectivity index (χ3v) is 6.76. The Balaban J connectivity index is 1.46. The molecule has 0 amide bonds. The van der Waals surface area contributed by atoms with Gasteiger partial charge in [-0.05, 0) is 37.4 Å². The first-order chi connectivity index (χ1) is 9.77. The van der Waals surface area contributed by atoms with E-state index in [-0.39, 0.29) is 5.60 Å². The molecule has 2 nitrogen and oxygen atoms in total. The molecule has 2 atom stereocenters. The van der Waals surface area contributed by atoms with Gasteiger partial charge >= 0.3 is 0 Å². The van der Waals surface area contributed by atoms with E-state index in [1.165, 1.54) is 37.9 Å². The van der Waals surface area contributed by atoms with Gasteiger partial charge in [-0.3, -0.25) is 4.79 Å². The Bertz CT molecular complexity index is 330. The molecular weight excluding hydrogens is 268 g/mol. The Morgan fingerprint density at radius 1 is 1.20 bits per heavy atom. The molecule has 0 aromatic rings. The quantitative estimate of drug-likeness (QED) is 0.777. The van der Waals surface area contributed by atoms with Crippen LogP contribution in [0.1, 0.15) is 64.2 Å². The van der Waals surface area contributed by atoms with Crippen LogP contribution in [0.2, 0.25) is 0 Å². The Hall–Kier alpha value is -0.0200. The molecule has 3 fully saturated rings. The van der Waals surface area contributed by atoms with Crippen LogP contribution < -0.4 is 0 Å². The van der Waals surface area contributed by atoms with Gasteiger partial charge in [-0.1, -0.05) is 32.1 Å². The maximum Gasteiger partial charge on any atom is 0.136 e. The lowest BCUT2D eigenvalue weighted by Crippen LogP contribution is -2.42. The molecule has 20 heavy (non-hydrogen) atoms. The summed E-state index contributed by atoms with van der Waals surface area (Å²) in [5, 5.41) is 0. The summed E-state index contributed by atoms with van der Waals surface area (Å²) in [7, 11) is 0. The molecule has 3 heteroatoms. The van der Waals surface area contributed by atoms with Gasteiger partial charge in [-0.15, -0.1) is 0 Å². The zero-order chi connectivity index (χ0) is 13.8. The molecule has 0 bridgehead atoms. The topological polar surface area (TPSA) is 26.3 Å². The summed E-state index contributed by atoms with van der Waals surface area (Å²) in [6, 6.07) is 0. The number of ether oxygens (including phenoxy) is 1. The van der Waals surface area contributed by atoms with E-state index in [2.05, 4.69) is 0 Å². The zero-order valence-electron chi connectivity index (χ0n) is 12.6. The fraction of sp³-hybridized carbons (Fsp3) is 0.941. The molecule has 0 radical (unpaired) electrons. The smallest absolute Gasteiger partial charge is 0.136 e. The van der Waals surface area contributed by atoms with Gasteiger partial charge in [0.2, 0.25) is 0 Å². The van der Waals surface area contributed by atoms with Crippen molar-refractivity contribution in [2.75, 3.05) is 18.1 Å². The number of rotatable bonds is 4. The Labute approximate surface area is 127 Å². The van der Waals surface area contributed by atoms with Crippen molar-refractivity contribution in [3.8, 4) is 0 Å². The van der Waals surface area contributed by atoms with Crippen LogP contribution >= 0.6 is 11.8 Å². The summed E-state index contributed by atoms with van der Waals surface area (Å²) in [5.41, 5.74) is 0.0636. The van der Waals surface area contributed by atoms with Crippen molar-refractivity contribution >= 4 is 17.5 Å². The SMILES string of the molecule is O=C(CCC1CCCCC1)C1CCOC2(CCSC2)C1. The molecule has 2 saturated heterocycles. The lowest BCUT2D eigenvalue weighted by Gasteiger charge is -2.37. The molecule has 1 saturated carbocycles. The van der Waals surface area contributed by atoms with E-state index in [1.807, 2.05) is 11.8 Å². The van der Waals surface area contributed by atoms with Crippen LogP contribution in [-0.4, -0.2) is 29.5 Å². The Morgan fingerprint density at radius 3 is 2.80 bits per heavy atom.